The molecular weight excluding hydrogens is 238 g/mol. The van der Waals surface area contributed by atoms with Gasteiger partial charge in [0.2, 0.25) is 0 Å². The highest BCUT2D eigenvalue weighted by atomic mass is 16.5. The smallest absolute Gasteiger partial charge is 0.124 e. The molecule has 1 aromatic rings. The van der Waals surface area contributed by atoms with Gasteiger partial charge in [0.25, 0.3) is 0 Å². The van der Waals surface area contributed by atoms with E-state index in [2.05, 4.69) is 47.3 Å². The van der Waals surface area contributed by atoms with Gasteiger partial charge in [0, 0.05) is 50.0 Å². The summed E-state index contributed by atoms with van der Waals surface area (Å²) in [5.74, 6) is 1.05. The van der Waals surface area contributed by atoms with Crippen molar-refractivity contribution < 1.29 is 4.74 Å². The number of fused-ring (bicyclic) bond motifs is 1. The van der Waals surface area contributed by atoms with Crippen LogP contribution in [0.1, 0.15) is 12.5 Å². The summed E-state index contributed by atoms with van der Waals surface area (Å²) >= 11 is 0. The molecule has 1 aromatic carbocycles. The molecule has 2 aliphatic heterocycles. The second-order valence-corrected chi connectivity index (χ2v) is 5.60. The fourth-order valence-corrected chi connectivity index (χ4v) is 2.71. The van der Waals surface area contributed by atoms with Gasteiger partial charge in [-0.3, -0.25) is 4.90 Å². The van der Waals surface area contributed by atoms with Crippen LogP contribution in [0.4, 0.5) is 5.69 Å². The number of likely N-dealkylation sites (N-methyl/N-ethyl adjacent to an activating group) is 1. The molecule has 3 rings (SSSR count). The SMILES string of the molecule is CC1COc2ccc(N3CCNCC3)cc2CN1C. The van der Waals surface area contributed by atoms with Gasteiger partial charge in [-0.25, -0.2) is 0 Å². The molecule has 0 bridgehead atoms. The van der Waals surface area contributed by atoms with E-state index in [1.165, 1.54) is 11.3 Å². The van der Waals surface area contributed by atoms with Gasteiger partial charge in [-0.2, -0.15) is 0 Å². The van der Waals surface area contributed by atoms with Crippen LogP contribution in [0.25, 0.3) is 0 Å². The maximum atomic E-state index is 5.90. The van der Waals surface area contributed by atoms with Crippen LogP contribution in [0.2, 0.25) is 0 Å². The molecule has 1 saturated heterocycles. The van der Waals surface area contributed by atoms with E-state index in [-0.39, 0.29) is 0 Å². The monoisotopic (exact) mass is 261 g/mol. The van der Waals surface area contributed by atoms with Gasteiger partial charge in [0.1, 0.15) is 12.4 Å². The molecule has 1 fully saturated rings. The summed E-state index contributed by atoms with van der Waals surface area (Å²) in [5, 5.41) is 3.40. The number of nitrogens with zero attached hydrogens (tertiary/aromatic N) is 2. The van der Waals surface area contributed by atoms with E-state index in [0.717, 1.165) is 45.1 Å². The van der Waals surface area contributed by atoms with Gasteiger partial charge < -0.3 is 15.0 Å². The Balaban J connectivity index is 1.84. The number of hydrogen-bond donors (Lipinski definition) is 1. The van der Waals surface area contributed by atoms with Crippen molar-refractivity contribution in [1.29, 1.82) is 0 Å². The molecule has 0 saturated carbocycles. The molecule has 1 atom stereocenters. The van der Waals surface area contributed by atoms with Gasteiger partial charge in [-0.15, -0.1) is 0 Å². The zero-order valence-electron chi connectivity index (χ0n) is 11.9. The van der Waals surface area contributed by atoms with E-state index in [4.69, 9.17) is 4.74 Å². The van der Waals surface area contributed by atoms with Crippen LogP contribution < -0.4 is 15.0 Å². The minimum absolute atomic E-state index is 0.468. The molecule has 104 valence electrons. The number of ether oxygens (including phenoxy) is 1. The molecule has 4 nitrogen and oxygen atoms in total. The summed E-state index contributed by atoms with van der Waals surface area (Å²) in [4.78, 5) is 4.80. The summed E-state index contributed by atoms with van der Waals surface area (Å²) < 4.78 is 5.90. The van der Waals surface area contributed by atoms with Crippen LogP contribution in [-0.4, -0.2) is 50.8 Å². The normalized spacial score (nSPS) is 24.5. The zero-order chi connectivity index (χ0) is 13.2. The van der Waals surface area contributed by atoms with Crippen molar-refractivity contribution in [3.8, 4) is 5.75 Å². The molecule has 4 heteroatoms. The Bertz CT molecular complexity index is 443. The Labute approximate surface area is 115 Å². The largest absolute Gasteiger partial charge is 0.492 e. The van der Waals surface area contributed by atoms with E-state index in [0.29, 0.717) is 6.04 Å². The summed E-state index contributed by atoms with van der Waals surface area (Å²) in [7, 11) is 2.17. The predicted octanol–water partition coefficient (Wildman–Crippen LogP) is 1.31. The highest BCUT2D eigenvalue weighted by Gasteiger charge is 2.19. The average Bonchev–Trinajstić information content (AvgIpc) is 2.59. The van der Waals surface area contributed by atoms with E-state index < -0.39 is 0 Å². The molecule has 19 heavy (non-hydrogen) atoms. The van der Waals surface area contributed by atoms with Crippen LogP contribution in [0.15, 0.2) is 18.2 Å². The molecule has 1 unspecified atom stereocenters. The van der Waals surface area contributed by atoms with Crippen molar-refractivity contribution in [2.75, 3.05) is 44.7 Å². The number of hydrogen-bond acceptors (Lipinski definition) is 4. The first-order valence-corrected chi connectivity index (χ1v) is 7.15. The Morgan fingerprint density at radius 1 is 1.26 bits per heavy atom. The fraction of sp³-hybridized carbons (Fsp3) is 0.600. The fourth-order valence-electron chi connectivity index (χ4n) is 2.71. The summed E-state index contributed by atoms with van der Waals surface area (Å²) in [6.45, 7) is 8.28. The van der Waals surface area contributed by atoms with E-state index in [1.807, 2.05) is 0 Å². The number of piperazine rings is 1. The number of nitrogens with one attached hydrogen (secondary N) is 1. The van der Waals surface area contributed by atoms with Crippen molar-refractivity contribution in [2.24, 2.45) is 0 Å². The third-order valence-electron chi connectivity index (χ3n) is 4.18. The molecule has 2 heterocycles. The molecule has 0 aliphatic carbocycles. The number of anilines is 1. The lowest BCUT2D eigenvalue weighted by Gasteiger charge is -2.30. The third-order valence-corrected chi connectivity index (χ3v) is 4.18. The zero-order valence-corrected chi connectivity index (χ0v) is 11.9. The van der Waals surface area contributed by atoms with Crippen molar-refractivity contribution in [2.45, 2.75) is 19.5 Å². The average molecular weight is 261 g/mol. The van der Waals surface area contributed by atoms with E-state index in [9.17, 15) is 0 Å². The van der Waals surface area contributed by atoms with Crippen LogP contribution in [-0.2, 0) is 6.54 Å². The van der Waals surface area contributed by atoms with Gasteiger partial charge in [-0.05, 0) is 32.2 Å². The topological polar surface area (TPSA) is 27.7 Å². The molecule has 0 aromatic heterocycles. The van der Waals surface area contributed by atoms with E-state index in [1.54, 1.807) is 0 Å². The van der Waals surface area contributed by atoms with Crippen molar-refractivity contribution >= 4 is 5.69 Å². The highest BCUT2D eigenvalue weighted by molar-refractivity contribution is 5.53. The second kappa shape index (κ2) is 5.39. The number of rotatable bonds is 1. The van der Waals surface area contributed by atoms with Crippen molar-refractivity contribution in [1.82, 2.24) is 10.2 Å². The molecule has 0 spiro atoms. The molecule has 0 amide bonds. The second-order valence-electron chi connectivity index (χ2n) is 5.60. The van der Waals surface area contributed by atoms with Crippen LogP contribution in [0.3, 0.4) is 0 Å². The molecule has 0 radical (unpaired) electrons. The third kappa shape index (κ3) is 2.69. The molecule has 2 aliphatic rings. The summed E-state index contributed by atoms with van der Waals surface area (Å²) in [6.07, 6.45) is 0. The minimum atomic E-state index is 0.468. The first-order chi connectivity index (χ1) is 9.24. The quantitative estimate of drug-likeness (QED) is 0.825. The maximum Gasteiger partial charge on any atom is 0.124 e. The van der Waals surface area contributed by atoms with Crippen LogP contribution >= 0.6 is 0 Å². The predicted molar refractivity (Wildman–Crippen MR) is 77.9 cm³/mol. The maximum absolute atomic E-state index is 5.90. The summed E-state index contributed by atoms with van der Waals surface area (Å²) in [6, 6.07) is 7.10. The standard InChI is InChI=1S/C15H23N3O/c1-12-11-19-15-4-3-14(9-13(15)10-17(12)2)18-7-5-16-6-8-18/h3-4,9,12,16H,5-8,10-11H2,1-2H3. The van der Waals surface area contributed by atoms with Crippen LogP contribution in [0, 0.1) is 0 Å². The van der Waals surface area contributed by atoms with Gasteiger partial charge in [0.15, 0.2) is 0 Å². The van der Waals surface area contributed by atoms with Gasteiger partial charge >= 0.3 is 0 Å². The lowest BCUT2D eigenvalue weighted by atomic mass is 10.1. The Morgan fingerprint density at radius 2 is 2.05 bits per heavy atom. The molecule has 1 N–H and O–H groups in total. The summed E-state index contributed by atoms with van der Waals surface area (Å²) in [5.41, 5.74) is 2.63. The van der Waals surface area contributed by atoms with Gasteiger partial charge in [-0.1, -0.05) is 0 Å². The van der Waals surface area contributed by atoms with Crippen molar-refractivity contribution in [3.63, 3.8) is 0 Å². The Kier molecular flexibility index (Phi) is 3.62. The first-order valence-electron chi connectivity index (χ1n) is 7.15. The van der Waals surface area contributed by atoms with Crippen molar-refractivity contribution in [3.05, 3.63) is 23.8 Å². The van der Waals surface area contributed by atoms with E-state index >= 15 is 0 Å². The highest BCUT2D eigenvalue weighted by Crippen LogP contribution is 2.29. The number of benzene rings is 1. The first kappa shape index (κ1) is 12.8. The lowest BCUT2D eigenvalue weighted by molar-refractivity contribution is 0.189. The Morgan fingerprint density at radius 3 is 2.84 bits per heavy atom. The van der Waals surface area contributed by atoms with Crippen LogP contribution in [0.5, 0.6) is 5.75 Å². The Hall–Kier alpha value is -1.26. The molecular formula is C15H23N3O. The lowest BCUT2D eigenvalue weighted by Crippen LogP contribution is -2.43. The minimum Gasteiger partial charge on any atom is -0.492 e. The van der Waals surface area contributed by atoms with Gasteiger partial charge in [0.05, 0.1) is 0 Å².